The Hall–Kier alpha value is -1.70. The van der Waals surface area contributed by atoms with Crippen molar-refractivity contribution in [3.05, 3.63) is 41.0 Å². The molecule has 1 aromatic carbocycles. The Labute approximate surface area is 149 Å². The number of rotatable bonds is 3. The molecule has 24 heavy (non-hydrogen) atoms. The van der Waals surface area contributed by atoms with Crippen molar-refractivity contribution in [1.82, 2.24) is 9.97 Å². The molecule has 0 unspecified atom stereocenters. The average molecular weight is 391 g/mol. The van der Waals surface area contributed by atoms with E-state index in [4.69, 9.17) is 9.47 Å². The number of piperidine rings is 1. The summed E-state index contributed by atoms with van der Waals surface area (Å²) in [7, 11) is 0. The quantitative estimate of drug-likeness (QED) is 0.867. The number of aromatic nitrogens is 2. The van der Waals surface area contributed by atoms with Crippen LogP contribution in [0.3, 0.4) is 0 Å². The summed E-state index contributed by atoms with van der Waals surface area (Å²) in [6, 6.07) is 9.88. The molecule has 126 valence electrons. The molecular weight excluding hydrogens is 372 g/mol. The fraction of sp³-hybridized carbons (Fsp3) is 0.412. The Kier molecular flexibility index (Phi) is 4.39. The van der Waals surface area contributed by atoms with Gasteiger partial charge in [-0.05, 0) is 30.3 Å². The van der Waals surface area contributed by atoms with Gasteiger partial charge in [0.15, 0.2) is 5.79 Å². The molecule has 1 N–H and O–H groups in total. The van der Waals surface area contributed by atoms with E-state index >= 15 is 0 Å². The topological polar surface area (TPSA) is 59.5 Å². The summed E-state index contributed by atoms with van der Waals surface area (Å²) < 4.78 is 12.6. The van der Waals surface area contributed by atoms with E-state index < -0.39 is 0 Å². The molecule has 2 aliphatic heterocycles. The van der Waals surface area contributed by atoms with Crippen molar-refractivity contribution in [3.63, 3.8) is 0 Å². The molecular formula is C17H19BrN4O2. The number of nitrogens with zero attached hydrogens (tertiary/aromatic N) is 3. The highest BCUT2D eigenvalue weighted by atomic mass is 79.9. The van der Waals surface area contributed by atoms with Gasteiger partial charge in [0.1, 0.15) is 5.82 Å². The SMILES string of the molecule is Brc1ccc(Nc2ccnc(N3CCC4(CC3)OCCO4)n2)cc1. The van der Waals surface area contributed by atoms with E-state index in [0.717, 1.165) is 47.9 Å². The van der Waals surface area contributed by atoms with E-state index in [1.165, 1.54) is 0 Å². The number of benzene rings is 1. The van der Waals surface area contributed by atoms with Gasteiger partial charge in [-0.1, -0.05) is 15.9 Å². The van der Waals surface area contributed by atoms with Gasteiger partial charge in [0.25, 0.3) is 0 Å². The first-order valence-electron chi connectivity index (χ1n) is 8.11. The second kappa shape index (κ2) is 6.66. The van der Waals surface area contributed by atoms with Crippen LogP contribution in [0.5, 0.6) is 0 Å². The maximum Gasteiger partial charge on any atom is 0.227 e. The summed E-state index contributed by atoms with van der Waals surface area (Å²) in [4.78, 5) is 11.2. The summed E-state index contributed by atoms with van der Waals surface area (Å²) >= 11 is 3.44. The van der Waals surface area contributed by atoms with Crippen LogP contribution in [0.25, 0.3) is 0 Å². The molecule has 3 heterocycles. The highest BCUT2D eigenvalue weighted by Crippen LogP contribution is 2.32. The number of ether oxygens (including phenoxy) is 2. The molecule has 6 nitrogen and oxygen atoms in total. The number of anilines is 3. The van der Waals surface area contributed by atoms with Crippen LogP contribution in [0.1, 0.15) is 12.8 Å². The summed E-state index contributed by atoms with van der Waals surface area (Å²) in [5, 5.41) is 3.31. The van der Waals surface area contributed by atoms with Crippen molar-refractivity contribution in [1.29, 1.82) is 0 Å². The Bertz CT molecular complexity index is 694. The lowest BCUT2D eigenvalue weighted by Gasteiger charge is -2.37. The molecule has 0 atom stereocenters. The summed E-state index contributed by atoms with van der Waals surface area (Å²) in [5.41, 5.74) is 0.994. The van der Waals surface area contributed by atoms with Crippen molar-refractivity contribution in [2.75, 3.05) is 36.5 Å². The minimum Gasteiger partial charge on any atom is -0.347 e. The Balaban J connectivity index is 1.44. The minimum atomic E-state index is -0.371. The van der Waals surface area contributed by atoms with Crippen molar-refractivity contribution >= 4 is 33.4 Å². The highest BCUT2D eigenvalue weighted by Gasteiger charge is 2.40. The largest absolute Gasteiger partial charge is 0.347 e. The van der Waals surface area contributed by atoms with Crippen LogP contribution in [0.4, 0.5) is 17.5 Å². The molecule has 2 fully saturated rings. The zero-order valence-electron chi connectivity index (χ0n) is 13.2. The molecule has 2 aromatic rings. The molecule has 2 aliphatic rings. The first-order chi connectivity index (χ1) is 11.7. The lowest BCUT2D eigenvalue weighted by Crippen LogP contribution is -2.45. The van der Waals surface area contributed by atoms with Gasteiger partial charge >= 0.3 is 0 Å². The van der Waals surface area contributed by atoms with Crippen molar-refractivity contribution in [2.45, 2.75) is 18.6 Å². The van der Waals surface area contributed by atoms with Gasteiger partial charge in [0.2, 0.25) is 5.95 Å². The molecule has 0 radical (unpaired) electrons. The number of halogens is 1. The van der Waals surface area contributed by atoms with Crippen molar-refractivity contribution in [2.24, 2.45) is 0 Å². The summed E-state index contributed by atoms with van der Waals surface area (Å²) in [5.74, 6) is 1.16. The van der Waals surface area contributed by atoms with Gasteiger partial charge in [0, 0.05) is 42.3 Å². The zero-order valence-corrected chi connectivity index (χ0v) is 14.8. The zero-order chi connectivity index (χ0) is 16.4. The number of hydrogen-bond donors (Lipinski definition) is 1. The summed E-state index contributed by atoms with van der Waals surface area (Å²) in [6.07, 6.45) is 3.48. The van der Waals surface area contributed by atoms with E-state index in [9.17, 15) is 0 Å². The molecule has 2 saturated heterocycles. The van der Waals surface area contributed by atoms with Crippen LogP contribution in [-0.2, 0) is 9.47 Å². The molecule has 0 aliphatic carbocycles. The van der Waals surface area contributed by atoms with E-state index in [1.54, 1.807) is 6.20 Å². The van der Waals surface area contributed by atoms with Gasteiger partial charge < -0.3 is 19.7 Å². The standard InChI is InChI=1S/C17H19BrN4O2/c18-13-1-3-14(4-2-13)20-15-5-8-19-16(21-15)22-9-6-17(7-10-22)23-11-12-24-17/h1-5,8H,6-7,9-12H2,(H,19,20,21). The third-order valence-electron chi connectivity index (χ3n) is 4.38. The maximum absolute atomic E-state index is 5.77. The molecule has 4 rings (SSSR count). The van der Waals surface area contributed by atoms with Gasteiger partial charge in [-0.3, -0.25) is 0 Å². The predicted molar refractivity (Wildman–Crippen MR) is 95.5 cm³/mol. The molecule has 0 bridgehead atoms. The van der Waals surface area contributed by atoms with E-state index in [1.807, 2.05) is 30.3 Å². The van der Waals surface area contributed by atoms with Crippen LogP contribution in [0.15, 0.2) is 41.0 Å². The van der Waals surface area contributed by atoms with Crippen molar-refractivity contribution in [3.8, 4) is 0 Å². The average Bonchev–Trinajstić information content (AvgIpc) is 3.06. The third-order valence-corrected chi connectivity index (χ3v) is 4.91. The molecule has 1 aromatic heterocycles. The minimum absolute atomic E-state index is 0.371. The van der Waals surface area contributed by atoms with Crippen LogP contribution in [0, 0.1) is 0 Å². The van der Waals surface area contributed by atoms with E-state index in [0.29, 0.717) is 13.2 Å². The lowest BCUT2D eigenvalue weighted by molar-refractivity contribution is -0.169. The van der Waals surface area contributed by atoms with Crippen LogP contribution in [0.2, 0.25) is 0 Å². The highest BCUT2D eigenvalue weighted by molar-refractivity contribution is 9.10. The van der Waals surface area contributed by atoms with Crippen LogP contribution >= 0.6 is 15.9 Å². The van der Waals surface area contributed by atoms with Gasteiger partial charge in [-0.15, -0.1) is 0 Å². The third kappa shape index (κ3) is 3.38. The Morgan fingerprint density at radius 3 is 2.46 bits per heavy atom. The second-order valence-corrected chi connectivity index (χ2v) is 6.88. The predicted octanol–water partition coefficient (Wildman–Crippen LogP) is 3.33. The van der Waals surface area contributed by atoms with E-state index in [-0.39, 0.29) is 5.79 Å². The van der Waals surface area contributed by atoms with Crippen LogP contribution < -0.4 is 10.2 Å². The normalized spacial score (nSPS) is 19.6. The summed E-state index contributed by atoms with van der Waals surface area (Å²) in [6.45, 7) is 3.07. The number of hydrogen-bond acceptors (Lipinski definition) is 6. The molecule has 0 amide bonds. The molecule has 0 saturated carbocycles. The van der Waals surface area contributed by atoms with Gasteiger partial charge in [-0.25, -0.2) is 4.98 Å². The molecule has 1 spiro atoms. The number of nitrogens with one attached hydrogen (secondary N) is 1. The molecule has 7 heteroatoms. The van der Waals surface area contributed by atoms with Gasteiger partial charge in [-0.2, -0.15) is 4.98 Å². The fourth-order valence-electron chi connectivity index (χ4n) is 3.08. The first kappa shape index (κ1) is 15.8. The van der Waals surface area contributed by atoms with Gasteiger partial charge in [0.05, 0.1) is 13.2 Å². The Morgan fingerprint density at radius 1 is 1.04 bits per heavy atom. The van der Waals surface area contributed by atoms with Crippen molar-refractivity contribution < 1.29 is 9.47 Å². The lowest BCUT2D eigenvalue weighted by atomic mass is 10.0. The monoisotopic (exact) mass is 390 g/mol. The first-order valence-corrected chi connectivity index (χ1v) is 8.90. The maximum atomic E-state index is 5.77. The second-order valence-electron chi connectivity index (χ2n) is 5.97. The van der Waals surface area contributed by atoms with Crippen LogP contribution in [-0.4, -0.2) is 42.1 Å². The fourth-order valence-corrected chi connectivity index (χ4v) is 3.35. The smallest absolute Gasteiger partial charge is 0.227 e. The Morgan fingerprint density at radius 2 is 1.75 bits per heavy atom. The van der Waals surface area contributed by atoms with E-state index in [2.05, 4.69) is 36.1 Å².